The second kappa shape index (κ2) is 7.19. The fraction of sp³-hybridized carbons (Fsp3) is 0.750. The molecule has 0 aromatic carbocycles. The molecule has 1 aromatic heterocycles. The van der Waals surface area contributed by atoms with E-state index in [9.17, 15) is 0 Å². The van der Waals surface area contributed by atoms with Crippen LogP contribution in [0.2, 0.25) is 5.15 Å². The fourth-order valence-electron chi connectivity index (χ4n) is 1.65. The van der Waals surface area contributed by atoms with Crippen molar-refractivity contribution in [1.29, 1.82) is 0 Å². The first-order valence-electron chi connectivity index (χ1n) is 6.12. The van der Waals surface area contributed by atoms with E-state index in [1.54, 1.807) is 0 Å². The number of aromatic nitrogens is 1. The van der Waals surface area contributed by atoms with Crippen LogP contribution >= 0.6 is 22.9 Å². The zero-order chi connectivity index (χ0) is 12.8. The second-order valence-electron chi connectivity index (χ2n) is 4.36. The van der Waals surface area contributed by atoms with E-state index >= 15 is 0 Å². The highest BCUT2D eigenvalue weighted by Crippen LogP contribution is 2.30. The van der Waals surface area contributed by atoms with Crippen LogP contribution in [0.4, 0.5) is 5.13 Å². The van der Waals surface area contributed by atoms with Crippen molar-refractivity contribution in [3.8, 4) is 0 Å². The summed E-state index contributed by atoms with van der Waals surface area (Å²) in [6.45, 7) is 7.47. The molecule has 0 amide bonds. The Kier molecular flexibility index (Phi) is 6.23. The van der Waals surface area contributed by atoms with Crippen molar-refractivity contribution in [1.82, 2.24) is 4.98 Å². The second-order valence-corrected chi connectivity index (χ2v) is 5.78. The summed E-state index contributed by atoms with van der Waals surface area (Å²) in [5, 5.41) is 10.5. The standard InChI is InChI=1S/C12H21ClN2OS/c1-4-5-6-7-15(9(2)3)12-14-11(13)10(8-16)17-12/h9,16H,4-8H2,1-3H3. The summed E-state index contributed by atoms with van der Waals surface area (Å²) < 4.78 is 0. The minimum absolute atomic E-state index is 0.0304. The lowest BCUT2D eigenvalue weighted by Gasteiger charge is -2.26. The average molecular weight is 277 g/mol. The normalized spacial score (nSPS) is 11.2. The Morgan fingerprint density at radius 3 is 2.59 bits per heavy atom. The third kappa shape index (κ3) is 4.12. The first kappa shape index (κ1) is 14.7. The lowest BCUT2D eigenvalue weighted by atomic mass is 10.2. The Labute approximate surface area is 112 Å². The summed E-state index contributed by atoms with van der Waals surface area (Å²) in [6, 6.07) is 0.403. The minimum atomic E-state index is -0.0304. The van der Waals surface area contributed by atoms with Gasteiger partial charge in [-0.05, 0) is 20.3 Å². The van der Waals surface area contributed by atoms with E-state index in [0.29, 0.717) is 11.2 Å². The van der Waals surface area contributed by atoms with Crippen molar-refractivity contribution in [3.63, 3.8) is 0 Å². The quantitative estimate of drug-likeness (QED) is 0.772. The zero-order valence-corrected chi connectivity index (χ0v) is 12.3. The van der Waals surface area contributed by atoms with E-state index in [0.717, 1.165) is 16.6 Å². The van der Waals surface area contributed by atoms with Crippen LogP contribution in [-0.4, -0.2) is 22.7 Å². The van der Waals surface area contributed by atoms with E-state index in [2.05, 4.69) is 30.7 Å². The van der Waals surface area contributed by atoms with Gasteiger partial charge in [0.05, 0.1) is 11.5 Å². The molecule has 98 valence electrons. The molecule has 0 aliphatic rings. The third-order valence-corrected chi connectivity index (χ3v) is 4.16. The van der Waals surface area contributed by atoms with Crippen LogP contribution in [0.15, 0.2) is 0 Å². The lowest BCUT2D eigenvalue weighted by molar-refractivity contribution is 0.285. The molecular formula is C12H21ClN2OS. The molecule has 1 rings (SSSR count). The van der Waals surface area contributed by atoms with E-state index in [1.165, 1.54) is 30.6 Å². The average Bonchev–Trinajstić information content (AvgIpc) is 2.65. The first-order chi connectivity index (χ1) is 8.10. The summed E-state index contributed by atoms with van der Waals surface area (Å²) in [5.41, 5.74) is 0. The van der Waals surface area contributed by atoms with Crippen LogP contribution in [0.25, 0.3) is 0 Å². The van der Waals surface area contributed by atoms with E-state index in [-0.39, 0.29) is 6.61 Å². The maximum absolute atomic E-state index is 9.13. The number of aliphatic hydroxyl groups is 1. The van der Waals surface area contributed by atoms with Gasteiger partial charge in [-0.1, -0.05) is 42.7 Å². The van der Waals surface area contributed by atoms with Crippen molar-refractivity contribution < 1.29 is 5.11 Å². The summed E-state index contributed by atoms with van der Waals surface area (Å²) >= 11 is 7.45. The van der Waals surface area contributed by atoms with Crippen molar-refractivity contribution in [2.75, 3.05) is 11.4 Å². The molecule has 0 atom stereocenters. The van der Waals surface area contributed by atoms with Crippen LogP contribution in [0.1, 0.15) is 44.9 Å². The summed E-state index contributed by atoms with van der Waals surface area (Å²) in [6.07, 6.45) is 3.61. The monoisotopic (exact) mass is 276 g/mol. The molecule has 1 aromatic rings. The Balaban J connectivity index is 2.74. The van der Waals surface area contributed by atoms with Gasteiger partial charge in [0.2, 0.25) is 0 Å². The first-order valence-corrected chi connectivity index (χ1v) is 7.32. The maximum atomic E-state index is 9.13. The van der Waals surface area contributed by atoms with Crippen molar-refractivity contribution >= 4 is 28.1 Å². The number of halogens is 1. The summed E-state index contributed by atoms with van der Waals surface area (Å²) in [4.78, 5) is 7.34. The number of unbranched alkanes of at least 4 members (excludes halogenated alkanes) is 2. The Bertz CT molecular complexity index is 341. The van der Waals surface area contributed by atoms with Crippen LogP contribution < -0.4 is 4.90 Å². The molecule has 0 bridgehead atoms. The van der Waals surface area contributed by atoms with Crippen LogP contribution in [0, 0.1) is 0 Å². The third-order valence-electron chi connectivity index (χ3n) is 2.65. The number of aliphatic hydroxyl groups excluding tert-OH is 1. The molecule has 5 heteroatoms. The molecule has 0 aliphatic heterocycles. The number of anilines is 1. The van der Waals surface area contributed by atoms with Gasteiger partial charge in [0.25, 0.3) is 0 Å². The predicted molar refractivity (Wildman–Crippen MR) is 75.1 cm³/mol. The summed E-state index contributed by atoms with van der Waals surface area (Å²) in [5.74, 6) is 0. The largest absolute Gasteiger partial charge is 0.391 e. The van der Waals surface area contributed by atoms with Gasteiger partial charge >= 0.3 is 0 Å². The fourth-order valence-corrected chi connectivity index (χ4v) is 2.93. The van der Waals surface area contributed by atoms with Crippen LogP contribution in [-0.2, 0) is 6.61 Å². The molecule has 0 unspecified atom stereocenters. The Morgan fingerprint density at radius 2 is 2.12 bits per heavy atom. The van der Waals surface area contributed by atoms with E-state index < -0.39 is 0 Å². The van der Waals surface area contributed by atoms with Gasteiger partial charge in [0.15, 0.2) is 5.13 Å². The Morgan fingerprint density at radius 1 is 1.41 bits per heavy atom. The smallest absolute Gasteiger partial charge is 0.187 e. The van der Waals surface area contributed by atoms with Gasteiger partial charge < -0.3 is 10.0 Å². The molecule has 3 nitrogen and oxygen atoms in total. The minimum Gasteiger partial charge on any atom is -0.391 e. The maximum Gasteiger partial charge on any atom is 0.187 e. The molecule has 0 spiro atoms. The lowest BCUT2D eigenvalue weighted by Crippen LogP contribution is -2.31. The number of hydrogen-bond donors (Lipinski definition) is 1. The molecule has 17 heavy (non-hydrogen) atoms. The molecule has 0 aliphatic carbocycles. The summed E-state index contributed by atoms with van der Waals surface area (Å²) in [7, 11) is 0. The van der Waals surface area contributed by atoms with Crippen molar-refractivity contribution in [3.05, 3.63) is 10.0 Å². The molecule has 1 heterocycles. The van der Waals surface area contributed by atoms with Crippen LogP contribution in [0.3, 0.4) is 0 Å². The molecule has 0 saturated carbocycles. The molecule has 0 radical (unpaired) electrons. The topological polar surface area (TPSA) is 36.4 Å². The zero-order valence-electron chi connectivity index (χ0n) is 10.7. The highest BCUT2D eigenvalue weighted by molar-refractivity contribution is 7.16. The highest BCUT2D eigenvalue weighted by Gasteiger charge is 2.16. The van der Waals surface area contributed by atoms with Crippen molar-refractivity contribution in [2.45, 2.75) is 52.7 Å². The number of nitrogens with zero attached hydrogens (tertiary/aromatic N) is 2. The number of hydrogen-bond acceptors (Lipinski definition) is 4. The number of rotatable bonds is 7. The molecule has 0 saturated heterocycles. The van der Waals surface area contributed by atoms with Crippen molar-refractivity contribution in [2.24, 2.45) is 0 Å². The Hall–Kier alpha value is -0.320. The van der Waals surface area contributed by atoms with Gasteiger partial charge in [-0.15, -0.1) is 0 Å². The van der Waals surface area contributed by atoms with Gasteiger partial charge in [-0.3, -0.25) is 0 Å². The van der Waals surface area contributed by atoms with Gasteiger partial charge in [0, 0.05) is 12.6 Å². The SMILES string of the molecule is CCCCCN(c1nc(Cl)c(CO)s1)C(C)C. The van der Waals surface area contributed by atoms with Gasteiger partial charge in [0.1, 0.15) is 5.15 Å². The predicted octanol–water partition coefficient (Wildman–Crippen LogP) is 3.69. The van der Waals surface area contributed by atoms with Crippen LogP contribution in [0.5, 0.6) is 0 Å². The molecule has 0 fully saturated rings. The number of thiazole rings is 1. The van der Waals surface area contributed by atoms with Gasteiger partial charge in [-0.25, -0.2) is 4.98 Å². The molecular weight excluding hydrogens is 256 g/mol. The van der Waals surface area contributed by atoms with E-state index in [1.807, 2.05) is 0 Å². The van der Waals surface area contributed by atoms with E-state index in [4.69, 9.17) is 16.7 Å². The highest BCUT2D eigenvalue weighted by atomic mass is 35.5. The molecule has 1 N–H and O–H groups in total. The van der Waals surface area contributed by atoms with Gasteiger partial charge in [-0.2, -0.15) is 0 Å².